The Labute approximate surface area is 135 Å². The summed E-state index contributed by atoms with van der Waals surface area (Å²) in [6.07, 6.45) is 5.56. The maximum absolute atomic E-state index is 11.1. The molecule has 0 aliphatic rings. The van der Waals surface area contributed by atoms with Crippen molar-refractivity contribution in [2.24, 2.45) is 0 Å². The number of rotatable bonds is 5. The summed E-state index contributed by atoms with van der Waals surface area (Å²) < 4.78 is 2.04. The van der Waals surface area contributed by atoms with E-state index in [4.69, 9.17) is 0 Å². The van der Waals surface area contributed by atoms with Crippen molar-refractivity contribution in [3.05, 3.63) is 78.4 Å². The standard InChI is InChI=1S/C19H19N3O/c1-15(23)21-12-18-4-2-3-5-19(18)17-8-6-16(7-9-17)13-22-11-10-20-14-22/h2-11,14H,12-13H2,1H3,(H,21,23). The SMILES string of the molecule is CC(=O)NCc1ccccc1-c1ccc(Cn2ccnc2)cc1. The van der Waals surface area contributed by atoms with Crippen LogP contribution in [0.3, 0.4) is 0 Å². The van der Waals surface area contributed by atoms with Crippen molar-refractivity contribution in [1.29, 1.82) is 0 Å². The van der Waals surface area contributed by atoms with Crippen LogP contribution in [0.5, 0.6) is 0 Å². The van der Waals surface area contributed by atoms with E-state index >= 15 is 0 Å². The van der Waals surface area contributed by atoms with E-state index in [2.05, 4.69) is 40.6 Å². The minimum Gasteiger partial charge on any atom is -0.352 e. The predicted molar refractivity (Wildman–Crippen MR) is 90.7 cm³/mol. The number of aromatic nitrogens is 2. The molecule has 0 aliphatic heterocycles. The topological polar surface area (TPSA) is 46.9 Å². The highest BCUT2D eigenvalue weighted by Crippen LogP contribution is 2.24. The third kappa shape index (κ3) is 3.86. The first-order valence-electron chi connectivity index (χ1n) is 7.60. The maximum atomic E-state index is 11.1. The third-order valence-corrected chi connectivity index (χ3v) is 3.73. The molecule has 4 heteroatoms. The lowest BCUT2D eigenvalue weighted by Gasteiger charge is -2.11. The Morgan fingerprint density at radius 3 is 2.61 bits per heavy atom. The van der Waals surface area contributed by atoms with Crippen LogP contribution in [0.1, 0.15) is 18.1 Å². The normalized spacial score (nSPS) is 10.5. The molecule has 0 saturated carbocycles. The lowest BCUT2D eigenvalue weighted by atomic mass is 9.98. The van der Waals surface area contributed by atoms with Crippen LogP contribution in [0.2, 0.25) is 0 Å². The molecule has 4 nitrogen and oxygen atoms in total. The van der Waals surface area contributed by atoms with E-state index in [1.807, 2.05) is 35.3 Å². The van der Waals surface area contributed by atoms with Crippen molar-refractivity contribution in [2.45, 2.75) is 20.0 Å². The fourth-order valence-corrected chi connectivity index (χ4v) is 2.56. The van der Waals surface area contributed by atoms with Gasteiger partial charge in [0, 0.05) is 32.4 Å². The molecule has 1 aromatic heterocycles. The van der Waals surface area contributed by atoms with Crippen LogP contribution in [-0.2, 0) is 17.9 Å². The Hall–Kier alpha value is -2.88. The smallest absolute Gasteiger partial charge is 0.217 e. The van der Waals surface area contributed by atoms with Crippen molar-refractivity contribution in [1.82, 2.24) is 14.9 Å². The molecule has 23 heavy (non-hydrogen) atoms. The summed E-state index contributed by atoms with van der Waals surface area (Å²) in [6, 6.07) is 16.7. The first-order valence-corrected chi connectivity index (χ1v) is 7.60. The molecule has 0 radical (unpaired) electrons. The van der Waals surface area contributed by atoms with Gasteiger partial charge in [-0.15, -0.1) is 0 Å². The zero-order valence-corrected chi connectivity index (χ0v) is 13.1. The van der Waals surface area contributed by atoms with Gasteiger partial charge in [-0.1, -0.05) is 48.5 Å². The highest BCUT2D eigenvalue weighted by Gasteiger charge is 2.05. The van der Waals surface area contributed by atoms with Crippen molar-refractivity contribution in [2.75, 3.05) is 0 Å². The maximum Gasteiger partial charge on any atom is 0.217 e. The van der Waals surface area contributed by atoms with Gasteiger partial charge in [0.1, 0.15) is 0 Å². The van der Waals surface area contributed by atoms with E-state index in [0.29, 0.717) is 6.54 Å². The first-order chi connectivity index (χ1) is 11.2. The number of nitrogens with one attached hydrogen (secondary N) is 1. The molecular formula is C19H19N3O. The van der Waals surface area contributed by atoms with Crippen LogP contribution in [-0.4, -0.2) is 15.5 Å². The van der Waals surface area contributed by atoms with Gasteiger partial charge in [0.2, 0.25) is 5.91 Å². The zero-order valence-electron chi connectivity index (χ0n) is 13.1. The van der Waals surface area contributed by atoms with Crippen LogP contribution in [0.4, 0.5) is 0 Å². The van der Waals surface area contributed by atoms with Gasteiger partial charge < -0.3 is 9.88 Å². The molecule has 0 spiro atoms. The van der Waals surface area contributed by atoms with E-state index in [-0.39, 0.29) is 5.91 Å². The molecular weight excluding hydrogens is 286 g/mol. The Morgan fingerprint density at radius 1 is 1.13 bits per heavy atom. The predicted octanol–water partition coefficient (Wildman–Crippen LogP) is 3.23. The fourth-order valence-electron chi connectivity index (χ4n) is 2.56. The van der Waals surface area contributed by atoms with Crippen LogP contribution >= 0.6 is 0 Å². The van der Waals surface area contributed by atoms with Gasteiger partial charge in [0.05, 0.1) is 6.33 Å². The van der Waals surface area contributed by atoms with Crippen LogP contribution < -0.4 is 5.32 Å². The Balaban J connectivity index is 1.80. The number of hydrogen-bond acceptors (Lipinski definition) is 2. The molecule has 116 valence electrons. The molecule has 0 fully saturated rings. The van der Waals surface area contributed by atoms with Gasteiger partial charge >= 0.3 is 0 Å². The zero-order chi connectivity index (χ0) is 16.1. The number of imidazole rings is 1. The second-order valence-corrected chi connectivity index (χ2v) is 5.50. The lowest BCUT2D eigenvalue weighted by molar-refractivity contribution is -0.119. The first kappa shape index (κ1) is 15.0. The van der Waals surface area contributed by atoms with Crippen molar-refractivity contribution < 1.29 is 4.79 Å². The summed E-state index contributed by atoms with van der Waals surface area (Å²) in [6.45, 7) is 2.89. The second kappa shape index (κ2) is 6.92. The van der Waals surface area contributed by atoms with Crippen LogP contribution in [0.25, 0.3) is 11.1 Å². The Bertz CT molecular complexity index is 777. The number of carbonyl (C=O) groups excluding carboxylic acids is 1. The van der Waals surface area contributed by atoms with Crippen molar-refractivity contribution in [3.8, 4) is 11.1 Å². The molecule has 0 bridgehead atoms. The molecule has 0 saturated heterocycles. The Kier molecular flexibility index (Phi) is 4.52. The van der Waals surface area contributed by atoms with Crippen LogP contribution in [0.15, 0.2) is 67.3 Å². The van der Waals surface area contributed by atoms with Crippen LogP contribution in [0, 0.1) is 0 Å². The average molecular weight is 305 g/mol. The molecule has 0 unspecified atom stereocenters. The second-order valence-electron chi connectivity index (χ2n) is 5.50. The summed E-state index contributed by atoms with van der Waals surface area (Å²) in [5.41, 5.74) is 4.65. The highest BCUT2D eigenvalue weighted by atomic mass is 16.1. The summed E-state index contributed by atoms with van der Waals surface area (Å²) in [7, 11) is 0. The molecule has 1 heterocycles. The molecule has 0 aliphatic carbocycles. The molecule has 0 atom stereocenters. The van der Waals surface area contributed by atoms with E-state index in [1.165, 1.54) is 12.5 Å². The molecule has 1 N–H and O–H groups in total. The summed E-state index contributed by atoms with van der Waals surface area (Å²) in [4.78, 5) is 15.2. The molecule has 3 aromatic rings. The number of benzene rings is 2. The fraction of sp³-hybridized carbons (Fsp3) is 0.158. The third-order valence-electron chi connectivity index (χ3n) is 3.73. The van der Waals surface area contributed by atoms with Gasteiger partial charge in [0.25, 0.3) is 0 Å². The molecule has 3 rings (SSSR count). The molecule has 1 amide bonds. The number of nitrogens with zero attached hydrogens (tertiary/aromatic N) is 2. The highest BCUT2D eigenvalue weighted by molar-refractivity contribution is 5.74. The number of amides is 1. The summed E-state index contributed by atoms with van der Waals surface area (Å²) >= 11 is 0. The Morgan fingerprint density at radius 2 is 1.91 bits per heavy atom. The van der Waals surface area contributed by atoms with Gasteiger partial charge in [-0.2, -0.15) is 0 Å². The quantitative estimate of drug-likeness (QED) is 0.786. The number of hydrogen-bond donors (Lipinski definition) is 1. The monoisotopic (exact) mass is 305 g/mol. The van der Waals surface area contributed by atoms with Gasteiger partial charge in [-0.05, 0) is 22.3 Å². The van der Waals surface area contributed by atoms with Gasteiger partial charge in [0.15, 0.2) is 0 Å². The van der Waals surface area contributed by atoms with E-state index in [0.717, 1.165) is 23.2 Å². The lowest BCUT2D eigenvalue weighted by Crippen LogP contribution is -2.19. The van der Waals surface area contributed by atoms with Crippen molar-refractivity contribution >= 4 is 5.91 Å². The number of carbonyl (C=O) groups is 1. The van der Waals surface area contributed by atoms with E-state index in [9.17, 15) is 4.79 Å². The van der Waals surface area contributed by atoms with Crippen molar-refractivity contribution in [3.63, 3.8) is 0 Å². The minimum atomic E-state index is -0.0181. The average Bonchev–Trinajstić information content (AvgIpc) is 3.07. The molecule has 2 aromatic carbocycles. The van der Waals surface area contributed by atoms with Gasteiger partial charge in [-0.25, -0.2) is 4.98 Å². The summed E-state index contributed by atoms with van der Waals surface area (Å²) in [5, 5.41) is 2.86. The van der Waals surface area contributed by atoms with E-state index in [1.54, 1.807) is 6.20 Å². The largest absolute Gasteiger partial charge is 0.352 e. The minimum absolute atomic E-state index is 0.0181. The summed E-state index contributed by atoms with van der Waals surface area (Å²) in [5.74, 6) is -0.0181. The van der Waals surface area contributed by atoms with Gasteiger partial charge in [-0.3, -0.25) is 4.79 Å². The van der Waals surface area contributed by atoms with E-state index < -0.39 is 0 Å².